The van der Waals surface area contributed by atoms with Crippen molar-refractivity contribution in [1.29, 1.82) is 0 Å². The average Bonchev–Trinajstić information content (AvgIpc) is 1.81. The average molecular weight is 215 g/mol. The van der Waals surface area contributed by atoms with Crippen molar-refractivity contribution in [3.63, 3.8) is 0 Å². The van der Waals surface area contributed by atoms with Gasteiger partial charge in [0.1, 0.15) is 0 Å². The summed E-state index contributed by atoms with van der Waals surface area (Å²) in [5.41, 5.74) is 0. The first kappa shape index (κ1) is 14.6. The number of aliphatic hydroxyl groups excluding tert-OH is 1. The Kier molecular flexibility index (Phi) is 8.80. The van der Waals surface area contributed by atoms with Crippen LogP contribution < -0.4 is 29.6 Å². The summed E-state index contributed by atoms with van der Waals surface area (Å²) < 4.78 is 31.4. The Labute approximate surface area is 93.4 Å². The van der Waals surface area contributed by atoms with E-state index in [-0.39, 0.29) is 36.9 Å². The van der Waals surface area contributed by atoms with E-state index in [2.05, 4.69) is 4.18 Å². The predicted molar refractivity (Wildman–Crippen MR) is 35.3 cm³/mol. The Morgan fingerprint density at radius 3 is 2.36 bits per heavy atom. The number of aliphatic hydroxyl groups is 1. The molecule has 0 fully saturated rings. The third-order valence-corrected chi connectivity index (χ3v) is 1.38. The van der Waals surface area contributed by atoms with Crippen LogP contribution in [0.3, 0.4) is 0 Å². The van der Waals surface area contributed by atoms with Gasteiger partial charge in [-0.1, -0.05) is 0 Å². The van der Waals surface area contributed by atoms with Crippen molar-refractivity contribution in [3.05, 3.63) is 0 Å². The molecule has 64 valence electrons. The zero-order valence-electron chi connectivity index (χ0n) is 6.90. The molecule has 0 saturated heterocycles. The first-order valence-corrected chi connectivity index (χ1v) is 4.21. The number of halogens is 1. The Balaban J connectivity index is -0.000000405. The van der Waals surface area contributed by atoms with Crippen LogP contribution in [0.4, 0.5) is 0 Å². The molecule has 0 rings (SSSR count). The fraction of sp³-hybridized carbons (Fsp3) is 1.00. The molecule has 8 heteroatoms. The second kappa shape index (κ2) is 6.62. The SMILES string of the molecule is O=S(=O)(O)OCC(O)CCl.[H-].[Na+]. The molecule has 0 amide bonds. The Morgan fingerprint density at radius 1 is 1.64 bits per heavy atom. The fourth-order valence-corrected chi connectivity index (χ4v) is 0.627. The van der Waals surface area contributed by atoms with Crippen LogP contribution >= 0.6 is 11.6 Å². The van der Waals surface area contributed by atoms with Gasteiger partial charge in [-0.05, 0) is 0 Å². The van der Waals surface area contributed by atoms with Gasteiger partial charge in [-0.3, -0.25) is 4.55 Å². The quantitative estimate of drug-likeness (QED) is 0.289. The van der Waals surface area contributed by atoms with Crippen LogP contribution in [0.1, 0.15) is 1.43 Å². The molecular formula is C3H8ClNaO5S. The van der Waals surface area contributed by atoms with Crippen LogP contribution in [0.15, 0.2) is 0 Å². The van der Waals surface area contributed by atoms with E-state index in [1.54, 1.807) is 0 Å². The van der Waals surface area contributed by atoms with Gasteiger partial charge < -0.3 is 6.53 Å². The van der Waals surface area contributed by atoms with Crippen molar-refractivity contribution in [2.75, 3.05) is 12.5 Å². The normalized spacial score (nSPS) is 13.7. The van der Waals surface area contributed by atoms with Gasteiger partial charge in [0.25, 0.3) is 0 Å². The molecule has 0 aromatic carbocycles. The molecule has 0 aromatic rings. The smallest absolute Gasteiger partial charge is 1.00 e. The van der Waals surface area contributed by atoms with E-state index in [1.165, 1.54) is 0 Å². The maximum atomic E-state index is 9.83. The number of hydrogen-bond acceptors (Lipinski definition) is 4. The molecule has 0 radical (unpaired) electrons. The molecule has 1 atom stereocenters. The molecule has 1 unspecified atom stereocenters. The zero-order valence-corrected chi connectivity index (χ0v) is 9.47. The van der Waals surface area contributed by atoms with Crippen LogP contribution in [0.2, 0.25) is 0 Å². The van der Waals surface area contributed by atoms with Gasteiger partial charge in [0, 0.05) is 0 Å². The van der Waals surface area contributed by atoms with Gasteiger partial charge >= 0.3 is 40.0 Å². The molecular weight excluding hydrogens is 207 g/mol. The third kappa shape index (κ3) is 11.1. The maximum Gasteiger partial charge on any atom is 1.00 e. The summed E-state index contributed by atoms with van der Waals surface area (Å²) in [5.74, 6) is -0.143. The van der Waals surface area contributed by atoms with E-state index < -0.39 is 23.1 Å². The van der Waals surface area contributed by atoms with Crippen molar-refractivity contribution in [2.45, 2.75) is 6.10 Å². The Hall–Kier alpha value is 1.12. The topological polar surface area (TPSA) is 83.8 Å². The molecule has 0 saturated carbocycles. The van der Waals surface area contributed by atoms with Gasteiger partial charge in [0.15, 0.2) is 0 Å². The Morgan fingerprint density at radius 2 is 2.09 bits per heavy atom. The largest absolute Gasteiger partial charge is 1.00 e. The third-order valence-electron chi connectivity index (χ3n) is 0.587. The molecule has 5 nitrogen and oxygen atoms in total. The molecule has 0 aromatic heterocycles. The number of hydrogen-bond donors (Lipinski definition) is 2. The van der Waals surface area contributed by atoms with Crippen molar-refractivity contribution < 1.29 is 53.2 Å². The second-order valence-electron chi connectivity index (χ2n) is 1.52. The summed E-state index contributed by atoms with van der Waals surface area (Å²) in [6, 6.07) is 0. The first-order chi connectivity index (χ1) is 4.45. The molecule has 0 aliphatic rings. The van der Waals surface area contributed by atoms with Crippen molar-refractivity contribution in [2.24, 2.45) is 0 Å². The molecule has 2 N–H and O–H groups in total. The summed E-state index contributed by atoms with van der Waals surface area (Å²) in [5, 5.41) is 8.59. The second-order valence-corrected chi connectivity index (χ2v) is 2.92. The summed E-state index contributed by atoms with van der Waals surface area (Å²) in [6.45, 7) is -0.525. The fourth-order valence-electron chi connectivity index (χ4n) is 0.209. The van der Waals surface area contributed by atoms with Gasteiger partial charge in [-0.15, -0.1) is 11.6 Å². The van der Waals surface area contributed by atoms with Gasteiger partial charge in [0.2, 0.25) is 0 Å². The monoisotopic (exact) mass is 214 g/mol. The van der Waals surface area contributed by atoms with Gasteiger partial charge in [0.05, 0.1) is 18.6 Å². The minimum atomic E-state index is -4.45. The molecule has 0 spiro atoms. The van der Waals surface area contributed by atoms with Crippen LogP contribution in [0.5, 0.6) is 0 Å². The summed E-state index contributed by atoms with van der Waals surface area (Å²) in [4.78, 5) is 0. The molecule has 0 aliphatic heterocycles. The van der Waals surface area contributed by atoms with Gasteiger partial charge in [-0.2, -0.15) is 8.42 Å². The van der Waals surface area contributed by atoms with Crippen molar-refractivity contribution >= 4 is 22.0 Å². The van der Waals surface area contributed by atoms with E-state index in [0.29, 0.717) is 0 Å². The predicted octanol–water partition coefficient (Wildman–Crippen LogP) is -3.48. The van der Waals surface area contributed by atoms with E-state index in [4.69, 9.17) is 21.3 Å². The van der Waals surface area contributed by atoms with Crippen molar-refractivity contribution in [1.82, 2.24) is 0 Å². The summed E-state index contributed by atoms with van der Waals surface area (Å²) >= 11 is 5.07. The van der Waals surface area contributed by atoms with Gasteiger partial charge in [-0.25, -0.2) is 4.18 Å². The molecule has 11 heavy (non-hydrogen) atoms. The van der Waals surface area contributed by atoms with Crippen molar-refractivity contribution in [3.8, 4) is 0 Å². The molecule has 0 bridgehead atoms. The molecule has 0 heterocycles. The van der Waals surface area contributed by atoms with E-state index in [1.807, 2.05) is 0 Å². The summed E-state index contributed by atoms with van der Waals surface area (Å²) in [6.07, 6.45) is -1.08. The van der Waals surface area contributed by atoms with E-state index >= 15 is 0 Å². The number of alkyl halides is 1. The minimum absolute atomic E-state index is 0. The van der Waals surface area contributed by atoms with E-state index in [9.17, 15) is 8.42 Å². The van der Waals surface area contributed by atoms with Crippen LogP contribution in [0, 0.1) is 0 Å². The first-order valence-electron chi connectivity index (χ1n) is 2.31. The maximum absolute atomic E-state index is 9.83. The standard InChI is InChI=1S/C3H7ClO5S.Na.H/c4-1-3(5)2-9-10(6,7)8;;/h3,5H,1-2H2,(H,6,7,8);;/q;+1;-1. The molecule has 0 aliphatic carbocycles. The van der Waals surface area contributed by atoms with Crippen LogP contribution in [-0.2, 0) is 14.6 Å². The zero-order chi connectivity index (χ0) is 8.20. The number of rotatable bonds is 4. The van der Waals surface area contributed by atoms with E-state index in [0.717, 1.165) is 0 Å². The van der Waals surface area contributed by atoms with Crippen LogP contribution in [-0.4, -0.2) is 36.7 Å². The Bertz CT molecular complexity index is 185. The minimum Gasteiger partial charge on any atom is -1.00 e. The summed E-state index contributed by atoms with van der Waals surface area (Å²) in [7, 11) is -4.45. The van der Waals surface area contributed by atoms with Crippen LogP contribution in [0.25, 0.3) is 0 Å².